The standard InChI is InChI=1S/C26H42O3/c1-16-12-13-25(3)18(14-16)7-8-19-21-10-9-20(17(2)6-11-24(28)29-5)26(21,4)23(27)15-22(19)25/h16-22H,6-15H2,1-5H3/t16-,17+,18-,19?,20?,21?,22?,25-,26+/m0/s1. The van der Waals surface area contributed by atoms with E-state index in [0.29, 0.717) is 41.3 Å². The van der Waals surface area contributed by atoms with Gasteiger partial charge in [0.25, 0.3) is 0 Å². The topological polar surface area (TPSA) is 43.4 Å². The highest BCUT2D eigenvalue weighted by Gasteiger charge is 2.63. The van der Waals surface area contributed by atoms with Crippen molar-refractivity contribution in [2.75, 3.05) is 7.11 Å². The summed E-state index contributed by atoms with van der Waals surface area (Å²) < 4.78 is 4.85. The minimum absolute atomic E-state index is 0.121. The molecule has 4 aliphatic carbocycles. The van der Waals surface area contributed by atoms with E-state index in [-0.39, 0.29) is 11.4 Å². The lowest BCUT2D eigenvalue weighted by Crippen LogP contribution is -2.57. The maximum atomic E-state index is 13.8. The molecule has 0 aromatic heterocycles. The zero-order chi connectivity index (χ0) is 21.0. The summed E-state index contributed by atoms with van der Waals surface area (Å²) in [6, 6.07) is 0. The summed E-state index contributed by atoms with van der Waals surface area (Å²) in [5.74, 6) is 4.89. The smallest absolute Gasteiger partial charge is 0.305 e. The van der Waals surface area contributed by atoms with Crippen LogP contribution in [0.1, 0.15) is 91.9 Å². The van der Waals surface area contributed by atoms with Crippen LogP contribution < -0.4 is 0 Å². The first kappa shape index (κ1) is 21.4. The maximum absolute atomic E-state index is 13.8. The Labute approximate surface area is 177 Å². The zero-order valence-corrected chi connectivity index (χ0v) is 19.3. The van der Waals surface area contributed by atoms with E-state index in [2.05, 4.69) is 27.7 Å². The van der Waals surface area contributed by atoms with Crippen LogP contribution in [0, 0.1) is 52.3 Å². The summed E-state index contributed by atoms with van der Waals surface area (Å²) in [6.45, 7) is 9.54. The van der Waals surface area contributed by atoms with Gasteiger partial charge in [-0.3, -0.25) is 9.59 Å². The van der Waals surface area contributed by atoms with E-state index in [0.717, 1.165) is 37.0 Å². The van der Waals surface area contributed by atoms with Gasteiger partial charge < -0.3 is 4.74 Å². The van der Waals surface area contributed by atoms with E-state index in [1.807, 2.05) is 0 Å². The molecule has 0 radical (unpaired) electrons. The monoisotopic (exact) mass is 402 g/mol. The van der Waals surface area contributed by atoms with Crippen molar-refractivity contribution in [1.82, 2.24) is 0 Å². The van der Waals surface area contributed by atoms with Gasteiger partial charge >= 0.3 is 5.97 Å². The van der Waals surface area contributed by atoms with Gasteiger partial charge in [0.15, 0.2) is 0 Å². The van der Waals surface area contributed by atoms with Crippen molar-refractivity contribution in [2.24, 2.45) is 52.3 Å². The Morgan fingerprint density at radius 1 is 1.14 bits per heavy atom. The number of carbonyl (C=O) groups is 2. The van der Waals surface area contributed by atoms with Gasteiger partial charge in [-0.2, -0.15) is 0 Å². The summed E-state index contributed by atoms with van der Waals surface area (Å²) in [5, 5.41) is 0. The first-order valence-electron chi connectivity index (χ1n) is 12.3. The van der Waals surface area contributed by atoms with Crippen LogP contribution in [0.15, 0.2) is 0 Å². The van der Waals surface area contributed by atoms with E-state index in [9.17, 15) is 9.59 Å². The molecule has 0 aromatic carbocycles. The fourth-order valence-electron chi connectivity index (χ4n) is 8.77. The van der Waals surface area contributed by atoms with E-state index < -0.39 is 0 Å². The highest BCUT2D eigenvalue weighted by molar-refractivity contribution is 5.87. The largest absolute Gasteiger partial charge is 0.469 e. The van der Waals surface area contributed by atoms with E-state index in [1.165, 1.54) is 45.6 Å². The van der Waals surface area contributed by atoms with Gasteiger partial charge in [0, 0.05) is 18.3 Å². The lowest BCUT2D eigenvalue weighted by atomic mass is 9.43. The van der Waals surface area contributed by atoms with Crippen LogP contribution in [0.3, 0.4) is 0 Å². The highest BCUT2D eigenvalue weighted by Crippen LogP contribution is 2.67. The van der Waals surface area contributed by atoms with Crippen molar-refractivity contribution in [3.05, 3.63) is 0 Å². The molecule has 3 nitrogen and oxygen atoms in total. The first-order chi connectivity index (χ1) is 13.7. The van der Waals surface area contributed by atoms with Gasteiger partial charge in [-0.05, 0) is 91.8 Å². The van der Waals surface area contributed by atoms with Crippen molar-refractivity contribution < 1.29 is 14.3 Å². The molecule has 4 rings (SSSR count). The minimum atomic E-state index is -0.165. The lowest BCUT2D eigenvalue weighted by molar-refractivity contribution is -0.158. The molecule has 4 fully saturated rings. The van der Waals surface area contributed by atoms with Gasteiger partial charge in [0.05, 0.1) is 7.11 Å². The molecular weight excluding hydrogens is 360 g/mol. The molecule has 9 atom stereocenters. The van der Waals surface area contributed by atoms with Crippen LogP contribution in [0.5, 0.6) is 0 Å². The predicted octanol–water partition coefficient (Wildman–Crippen LogP) is 6.05. The third-order valence-electron chi connectivity index (χ3n) is 10.6. The van der Waals surface area contributed by atoms with Gasteiger partial charge in [-0.25, -0.2) is 0 Å². The summed E-state index contributed by atoms with van der Waals surface area (Å²) in [7, 11) is 1.47. The molecule has 3 heteroatoms. The summed E-state index contributed by atoms with van der Waals surface area (Å²) in [5.41, 5.74) is 0.225. The van der Waals surface area contributed by atoms with Crippen LogP contribution in [-0.4, -0.2) is 18.9 Å². The molecule has 0 aromatic rings. The Kier molecular flexibility index (Phi) is 5.66. The number of rotatable bonds is 4. The summed E-state index contributed by atoms with van der Waals surface area (Å²) in [6.07, 6.45) is 11.3. The number of carbonyl (C=O) groups excluding carboxylic acids is 2. The third-order valence-corrected chi connectivity index (χ3v) is 10.6. The average molecular weight is 403 g/mol. The van der Waals surface area contributed by atoms with Gasteiger partial charge in [-0.15, -0.1) is 0 Å². The van der Waals surface area contributed by atoms with Gasteiger partial charge in [0.2, 0.25) is 0 Å². The Morgan fingerprint density at radius 3 is 2.62 bits per heavy atom. The van der Waals surface area contributed by atoms with Crippen molar-refractivity contribution >= 4 is 11.8 Å². The summed E-state index contributed by atoms with van der Waals surface area (Å²) >= 11 is 0. The number of fused-ring (bicyclic) bond motifs is 5. The second-order valence-electron chi connectivity index (χ2n) is 11.7. The Bertz CT molecular complexity index is 656. The van der Waals surface area contributed by atoms with Gasteiger partial charge in [-0.1, -0.05) is 34.1 Å². The molecule has 29 heavy (non-hydrogen) atoms. The zero-order valence-electron chi connectivity index (χ0n) is 19.3. The molecule has 0 saturated heterocycles. The van der Waals surface area contributed by atoms with E-state index >= 15 is 0 Å². The number of esters is 1. The SMILES string of the molecule is COC(=O)CC[C@@H](C)C1CCC2C3CC[C@H]4C[C@@H](C)CC[C@]4(C)C3CC(=O)[C@@]21C. The molecule has 0 amide bonds. The summed E-state index contributed by atoms with van der Waals surface area (Å²) in [4.78, 5) is 25.4. The predicted molar refractivity (Wildman–Crippen MR) is 115 cm³/mol. The molecule has 0 spiro atoms. The van der Waals surface area contributed by atoms with Crippen LogP contribution in [0.25, 0.3) is 0 Å². The molecule has 0 heterocycles. The maximum Gasteiger partial charge on any atom is 0.305 e. The molecule has 0 bridgehead atoms. The van der Waals surface area contributed by atoms with Crippen molar-refractivity contribution in [3.63, 3.8) is 0 Å². The van der Waals surface area contributed by atoms with E-state index in [1.54, 1.807) is 0 Å². The second kappa shape index (κ2) is 7.68. The fraction of sp³-hybridized carbons (Fsp3) is 0.923. The Hall–Kier alpha value is -0.860. The quantitative estimate of drug-likeness (QED) is 0.538. The Morgan fingerprint density at radius 2 is 1.90 bits per heavy atom. The molecule has 0 aliphatic heterocycles. The highest BCUT2D eigenvalue weighted by atomic mass is 16.5. The van der Waals surface area contributed by atoms with Crippen molar-refractivity contribution in [3.8, 4) is 0 Å². The molecule has 4 saturated carbocycles. The number of methoxy groups -OCH3 is 1. The Balaban J connectivity index is 1.54. The van der Waals surface area contributed by atoms with E-state index in [4.69, 9.17) is 4.74 Å². The number of hydrogen-bond donors (Lipinski definition) is 0. The number of hydrogen-bond acceptors (Lipinski definition) is 3. The minimum Gasteiger partial charge on any atom is -0.469 e. The molecular formula is C26H42O3. The molecule has 4 aliphatic rings. The fourth-order valence-corrected chi connectivity index (χ4v) is 8.77. The number of ketones is 1. The lowest BCUT2D eigenvalue weighted by Gasteiger charge is -2.60. The molecule has 164 valence electrons. The van der Waals surface area contributed by atoms with Crippen molar-refractivity contribution in [2.45, 2.75) is 91.9 Å². The normalized spacial score (nSPS) is 47.7. The molecule has 4 unspecified atom stereocenters. The van der Waals surface area contributed by atoms with Crippen LogP contribution in [-0.2, 0) is 14.3 Å². The average Bonchev–Trinajstić information content (AvgIpc) is 3.06. The van der Waals surface area contributed by atoms with Crippen LogP contribution in [0.4, 0.5) is 0 Å². The second-order valence-corrected chi connectivity index (χ2v) is 11.7. The van der Waals surface area contributed by atoms with Gasteiger partial charge in [0.1, 0.15) is 5.78 Å². The van der Waals surface area contributed by atoms with Crippen molar-refractivity contribution in [1.29, 1.82) is 0 Å². The van der Waals surface area contributed by atoms with Crippen LogP contribution >= 0.6 is 0 Å². The number of ether oxygens (including phenoxy) is 1. The first-order valence-corrected chi connectivity index (χ1v) is 12.3. The van der Waals surface area contributed by atoms with Crippen LogP contribution in [0.2, 0.25) is 0 Å². The molecule has 0 N–H and O–H groups in total. The third kappa shape index (κ3) is 3.30. The number of Topliss-reactive ketones (excluding diaryl/α,β-unsaturated/α-hetero) is 1.